The van der Waals surface area contributed by atoms with Gasteiger partial charge in [0.2, 0.25) is 17.8 Å². The Labute approximate surface area is 223 Å². The zero-order valence-electron chi connectivity index (χ0n) is 21.8. The van der Waals surface area contributed by atoms with E-state index in [4.69, 9.17) is 4.98 Å². The van der Waals surface area contributed by atoms with Gasteiger partial charge in [0.25, 0.3) is 0 Å². The van der Waals surface area contributed by atoms with Crippen LogP contribution in [0.25, 0.3) is 11.3 Å². The molecule has 1 atom stereocenters. The van der Waals surface area contributed by atoms with E-state index in [1.54, 1.807) is 6.20 Å². The molecule has 9 heteroatoms. The summed E-state index contributed by atoms with van der Waals surface area (Å²) in [4.78, 5) is 38.2. The quantitative estimate of drug-likeness (QED) is 0.418. The second-order valence-corrected chi connectivity index (χ2v) is 9.74. The van der Waals surface area contributed by atoms with E-state index >= 15 is 0 Å². The molecule has 2 aliphatic rings. The maximum atomic E-state index is 12.7. The lowest BCUT2D eigenvalue weighted by molar-refractivity contribution is -0.133. The van der Waals surface area contributed by atoms with E-state index in [0.29, 0.717) is 12.4 Å². The number of hydrogen-bond acceptors (Lipinski definition) is 7. The normalized spacial score (nSPS) is 17.3. The third-order valence-corrected chi connectivity index (χ3v) is 7.05. The van der Waals surface area contributed by atoms with Gasteiger partial charge in [0.15, 0.2) is 0 Å². The molecule has 3 aromatic rings. The molecule has 198 valence electrons. The van der Waals surface area contributed by atoms with Crippen molar-refractivity contribution in [3.8, 4) is 11.3 Å². The van der Waals surface area contributed by atoms with Crippen LogP contribution in [0.15, 0.2) is 60.8 Å². The Balaban J connectivity index is 1.21. The molecular formula is C29H35N7O2. The zero-order valence-corrected chi connectivity index (χ0v) is 21.8. The second kappa shape index (κ2) is 12.0. The van der Waals surface area contributed by atoms with Gasteiger partial charge in [-0.15, -0.1) is 0 Å². The van der Waals surface area contributed by atoms with Crippen molar-refractivity contribution in [3.05, 3.63) is 60.8 Å². The summed E-state index contributed by atoms with van der Waals surface area (Å²) >= 11 is 0. The van der Waals surface area contributed by atoms with Crippen LogP contribution >= 0.6 is 0 Å². The van der Waals surface area contributed by atoms with Gasteiger partial charge in [-0.1, -0.05) is 25.1 Å². The van der Waals surface area contributed by atoms with Crippen LogP contribution in [-0.4, -0.2) is 65.4 Å². The molecule has 0 radical (unpaired) electrons. The number of hydrogen-bond donors (Lipinski definition) is 3. The van der Waals surface area contributed by atoms with Crippen LogP contribution < -0.4 is 20.9 Å². The first-order valence-electron chi connectivity index (χ1n) is 13.5. The number of para-hydroxylation sites is 1. The molecule has 5 rings (SSSR count). The molecule has 2 saturated heterocycles. The summed E-state index contributed by atoms with van der Waals surface area (Å²) < 4.78 is 0. The first-order valence-corrected chi connectivity index (χ1v) is 13.5. The molecule has 1 aromatic heterocycles. The van der Waals surface area contributed by atoms with Crippen LogP contribution in [-0.2, 0) is 9.59 Å². The standard InChI is InChI=1S/C29H35N7O2/c1-2-6-27(37)33-24-8-4-3-7-23(24)25-14-16-31-29(34-25)32-21-10-12-22(13-11-21)35-17-19-36(20-18-35)28(38)26-9-5-15-30-26/h3-4,7-8,10-14,16,26,30H,2,5-6,9,15,17-20H2,1H3,(H,33,37)(H,31,32,34). The number of piperazine rings is 1. The predicted octanol–water partition coefficient (Wildman–Crippen LogP) is 4.03. The van der Waals surface area contributed by atoms with Gasteiger partial charge in [-0.05, 0) is 62.2 Å². The van der Waals surface area contributed by atoms with Crippen LogP contribution in [0.4, 0.5) is 23.0 Å². The van der Waals surface area contributed by atoms with Crippen LogP contribution in [0.1, 0.15) is 32.6 Å². The summed E-state index contributed by atoms with van der Waals surface area (Å²) in [6.07, 6.45) is 5.01. The van der Waals surface area contributed by atoms with Crippen LogP contribution in [0.5, 0.6) is 0 Å². The summed E-state index contributed by atoms with van der Waals surface area (Å²) in [6, 6.07) is 17.7. The number of anilines is 4. The van der Waals surface area contributed by atoms with Crippen molar-refractivity contribution in [3.63, 3.8) is 0 Å². The SMILES string of the molecule is CCCC(=O)Nc1ccccc1-c1ccnc(Nc2ccc(N3CCN(C(=O)C4CCCN4)CC3)cc2)n1. The van der Waals surface area contributed by atoms with Crippen molar-refractivity contribution in [2.75, 3.05) is 48.3 Å². The highest BCUT2D eigenvalue weighted by atomic mass is 16.2. The summed E-state index contributed by atoms with van der Waals surface area (Å²) in [7, 11) is 0. The highest BCUT2D eigenvalue weighted by Crippen LogP contribution is 2.28. The van der Waals surface area contributed by atoms with Gasteiger partial charge in [0.05, 0.1) is 17.4 Å². The van der Waals surface area contributed by atoms with E-state index in [9.17, 15) is 9.59 Å². The van der Waals surface area contributed by atoms with E-state index in [2.05, 4.69) is 38.0 Å². The zero-order chi connectivity index (χ0) is 26.3. The third-order valence-electron chi connectivity index (χ3n) is 7.05. The topological polar surface area (TPSA) is 102 Å². The Hall–Kier alpha value is -3.98. The van der Waals surface area contributed by atoms with E-state index in [0.717, 1.165) is 80.3 Å². The van der Waals surface area contributed by atoms with Gasteiger partial charge in [0.1, 0.15) is 0 Å². The Morgan fingerprint density at radius 1 is 1.03 bits per heavy atom. The van der Waals surface area contributed by atoms with Gasteiger partial charge in [-0.25, -0.2) is 9.97 Å². The first-order chi connectivity index (χ1) is 18.6. The molecule has 0 spiro atoms. The summed E-state index contributed by atoms with van der Waals surface area (Å²) in [5.74, 6) is 0.721. The fourth-order valence-electron chi connectivity index (χ4n) is 5.01. The van der Waals surface area contributed by atoms with Crippen molar-refractivity contribution in [2.45, 2.75) is 38.6 Å². The average Bonchev–Trinajstić information content (AvgIpc) is 3.49. The highest BCUT2D eigenvalue weighted by molar-refractivity contribution is 5.95. The maximum absolute atomic E-state index is 12.7. The predicted molar refractivity (Wildman–Crippen MR) is 151 cm³/mol. The molecule has 2 amide bonds. The number of carbonyl (C=O) groups is 2. The smallest absolute Gasteiger partial charge is 0.239 e. The Kier molecular flexibility index (Phi) is 8.13. The lowest BCUT2D eigenvalue weighted by atomic mass is 10.1. The lowest BCUT2D eigenvalue weighted by Crippen LogP contribution is -2.53. The number of rotatable bonds is 8. The summed E-state index contributed by atoms with van der Waals surface area (Å²) in [5, 5.41) is 9.59. The van der Waals surface area contributed by atoms with Gasteiger partial charge in [-0.3, -0.25) is 9.59 Å². The van der Waals surface area contributed by atoms with Gasteiger partial charge >= 0.3 is 0 Å². The summed E-state index contributed by atoms with van der Waals surface area (Å²) in [6.45, 7) is 6.07. The van der Waals surface area contributed by atoms with Gasteiger partial charge in [-0.2, -0.15) is 0 Å². The van der Waals surface area contributed by atoms with Crippen LogP contribution in [0.2, 0.25) is 0 Å². The minimum atomic E-state index is -0.00807. The molecule has 1 unspecified atom stereocenters. The minimum Gasteiger partial charge on any atom is -0.368 e. The number of amides is 2. The molecule has 0 saturated carbocycles. The molecular weight excluding hydrogens is 478 g/mol. The van der Waals surface area contributed by atoms with Crippen molar-refractivity contribution in [2.24, 2.45) is 0 Å². The monoisotopic (exact) mass is 513 g/mol. The second-order valence-electron chi connectivity index (χ2n) is 9.74. The van der Waals surface area contributed by atoms with Crippen molar-refractivity contribution in [1.82, 2.24) is 20.2 Å². The van der Waals surface area contributed by atoms with Gasteiger partial charge < -0.3 is 25.8 Å². The van der Waals surface area contributed by atoms with E-state index in [1.165, 1.54) is 0 Å². The largest absolute Gasteiger partial charge is 0.368 e. The molecule has 3 N–H and O–H groups in total. The number of aromatic nitrogens is 2. The molecule has 0 bridgehead atoms. The van der Waals surface area contributed by atoms with Crippen molar-refractivity contribution < 1.29 is 9.59 Å². The van der Waals surface area contributed by atoms with E-state index in [1.807, 2.05) is 54.3 Å². The number of carbonyl (C=O) groups excluding carboxylic acids is 2. The molecule has 0 aliphatic carbocycles. The first kappa shape index (κ1) is 25.7. The third kappa shape index (κ3) is 6.11. The average molecular weight is 514 g/mol. The Morgan fingerprint density at radius 3 is 2.55 bits per heavy atom. The fourth-order valence-corrected chi connectivity index (χ4v) is 5.01. The van der Waals surface area contributed by atoms with E-state index in [-0.39, 0.29) is 17.9 Å². The minimum absolute atomic E-state index is 0.000853. The van der Waals surface area contributed by atoms with Crippen LogP contribution in [0.3, 0.4) is 0 Å². The lowest BCUT2D eigenvalue weighted by Gasteiger charge is -2.37. The summed E-state index contributed by atoms with van der Waals surface area (Å²) in [5.41, 5.74) is 4.33. The van der Waals surface area contributed by atoms with Crippen molar-refractivity contribution >= 4 is 34.8 Å². The molecule has 3 heterocycles. The van der Waals surface area contributed by atoms with Crippen LogP contribution in [0, 0.1) is 0 Å². The number of nitrogens with zero attached hydrogens (tertiary/aromatic N) is 4. The molecule has 2 fully saturated rings. The molecule has 2 aromatic carbocycles. The molecule has 38 heavy (non-hydrogen) atoms. The van der Waals surface area contributed by atoms with Gasteiger partial charge in [0, 0.05) is 55.7 Å². The molecule has 9 nitrogen and oxygen atoms in total. The number of benzene rings is 2. The highest BCUT2D eigenvalue weighted by Gasteiger charge is 2.29. The molecule has 2 aliphatic heterocycles. The van der Waals surface area contributed by atoms with Crippen molar-refractivity contribution in [1.29, 1.82) is 0 Å². The Bertz CT molecular complexity index is 1250. The maximum Gasteiger partial charge on any atom is 0.239 e. The number of nitrogens with one attached hydrogen (secondary N) is 3. The van der Waals surface area contributed by atoms with E-state index < -0.39 is 0 Å². The Morgan fingerprint density at radius 2 is 1.82 bits per heavy atom. The fraction of sp³-hybridized carbons (Fsp3) is 0.379.